The van der Waals surface area contributed by atoms with Gasteiger partial charge in [0.2, 0.25) is 0 Å². The number of carboxylic acids is 2. The molecule has 8 nitrogen and oxygen atoms in total. The molecule has 1 aliphatic rings. The van der Waals surface area contributed by atoms with Crippen LogP contribution in [0.5, 0.6) is 17.2 Å². The molecule has 2 aromatic carbocycles. The quantitative estimate of drug-likeness (QED) is 0.167. The van der Waals surface area contributed by atoms with Crippen molar-refractivity contribution in [3.8, 4) is 17.2 Å². The zero-order chi connectivity index (χ0) is 29.5. The van der Waals surface area contributed by atoms with Crippen molar-refractivity contribution in [1.82, 2.24) is 0 Å². The van der Waals surface area contributed by atoms with E-state index in [2.05, 4.69) is 13.0 Å². The third-order valence-electron chi connectivity index (χ3n) is 7.30. The Hall–Kier alpha value is -3.55. The summed E-state index contributed by atoms with van der Waals surface area (Å²) in [4.78, 5) is 34.2. The van der Waals surface area contributed by atoms with E-state index in [1.807, 2.05) is 24.3 Å². The van der Waals surface area contributed by atoms with Gasteiger partial charge in [-0.05, 0) is 80.7 Å². The van der Waals surface area contributed by atoms with Crippen LogP contribution >= 0.6 is 0 Å². The van der Waals surface area contributed by atoms with Crippen LogP contribution in [0.2, 0.25) is 0 Å². The fourth-order valence-electron chi connectivity index (χ4n) is 5.18. The van der Waals surface area contributed by atoms with E-state index >= 15 is 0 Å². The number of rotatable bonds is 20. The number of hydrogen-bond acceptors (Lipinski definition) is 6. The fourth-order valence-corrected chi connectivity index (χ4v) is 5.18. The van der Waals surface area contributed by atoms with Gasteiger partial charge in [-0.15, -0.1) is 0 Å². The van der Waals surface area contributed by atoms with Gasteiger partial charge in [0.25, 0.3) is 0 Å². The van der Waals surface area contributed by atoms with Crippen molar-refractivity contribution in [2.75, 3.05) is 19.8 Å². The Labute approximate surface area is 243 Å². The number of ketones is 1. The van der Waals surface area contributed by atoms with Crippen molar-refractivity contribution < 1.29 is 38.8 Å². The Bertz CT molecular complexity index is 1160. The number of fused-ring (bicyclic) bond motifs is 1. The summed E-state index contributed by atoms with van der Waals surface area (Å²) in [6, 6.07) is 9.63. The van der Waals surface area contributed by atoms with Crippen LogP contribution in [-0.2, 0) is 28.9 Å². The van der Waals surface area contributed by atoms with Crippen molar-refractivity contribution in [2.24, 2.45) is 0 Å². The van der Waals surface area contributed by atoms with Gasteiger partial charge in [0.1, 0.15) is 17.2 Å². The zero-order valence-corrected chi connectivity index (χ0v) is 24.3. The van der Waals surface area contributed by atoms with Gasteiger partial charge in [-0.1, -0.05) is 38.3 Å². The number of Topliss-reactive ketones (excluding diaryl/α,β-unsaturated/α-hetero) is 1. The third-order valence-corrected chi connectivity index (χ3v) is 7.30. The maximum absolute atomic E-state index is 12.3. The summed E-state index contributed by atoms with van der Waals surface area (Å²) >= 11 is 0. The van der Waals surface area contributed by atoms with E-state index in [9.17, 15) is 19.5 Å². The van der Waals surface area contributed by atoms with Crippen molar-refractivity contribution >= 4 is 17.7 Å². The molecule has 0 radical (unpaired) electrons. The van der Waals surface area contributed by atoms with Crippen LogP contribution in [-0.4, -0.2) is 47.8 Å². The van der Waals surface area contributed by atoms with E-state index in [0.29, 0.717) is 50.4 Å². The zero-order valence-electron chi connectivity index (χ0n) is 24.3. The molecule has 1 aliphatic heterocycles. The van der Waals surface area contributed by atoms with Crippen molar-refractivity contribution in [3.63, 3.8) is 0 Å². The Morgan fingerprint density at radius 3 is 2.17 bits per heavy atom. The lowest BCUT2D eigenvalue weighted by Gasteiger charge is -2.22. The molecule has 0 unspecified atom stereocenters. The maximum atomic E-state index is 12.3. The summed E-state index contributed by atoms with van der Waals surface area (Å²) < 4.78 is 18.0. The van der Waals surface area contributed by atoms with E-state index in [1.165, 1.54) is 0 Å². The molecule has 2 N–H and O–H groups in total. The summed E-state index contributed by atoms with van der Waals surface area (Å²) in [5.41, 5.74) is 3.74. The van der Waals surface area contributed by atoms with Gasteiger partial charge in [-0.3, -0.25) is 14.4 Å². The molecule has 0 amide bonds. The average Bonchev–Trinajstić information content (AvgIpc) is 2.94. The monoisotopic (exact) mass is 568 g/mol. The van der Waals surface area contributed by atoms with E-state index in [0.717, 1.165) is 86.0 Å². The van der Waals surface area contributed by atoms with Crippen LogP contribution in [0, 0.1) is 0 Å². The van der Waals surface area contributed by atoms with Crippen LogP contribution in [0.1, 0.15) is 105 Å². The maximum Gasteiger partial charge on any atom is 0.303 e. The second-order valence-corrected chi connectivity index (χ2v) is 10.5. The predicted octanol–water partition coefficient (Wildman–Crippen LogP) is 6.83. The van der Waals surface area contributed by atoms with Gasteiger partial charge in [0, 0.05) is 24.8 Å². The molecular weight excluding hydrogens is 524 g/mol. The summed E-state index contributed by atoms with van der Waals surface area (Å²) in [5.74, 6) is 0.746. The van der Waals surface area contributed by atoms with Gasteiger partial charge < -0.3 is 24.4 Å². The summed E-state index contributed by atoms with van der Waals surface area (Å²) in [6.45, 7) is 3.61. The highest BCUT2D eigenvalue weighted by Gasteiger charge is 2.23. The first-order chi connectivity index (χ1) is 19.9. The summed E-state index contributed by atoms with van der Waals surface area (Å²) in [7, 11) is 0. The molecule has 0 saturated heterocycles. The molecular formula is C33H44O8. The number of aryl methyl sites for hydroxylation is 1. The molecule has 0 aromatic heterocycles. The first-order valence-electron chi connectivity index (χ1n) is 15.0. The largest absolute Gasteiger partial charge is 0.493 e. The van der Waals surface area contributed by atoms with Crippen LogP contribution in [0.25, 0.3) is 0 Å². The molecule has 1 heterocycles. The summed E-state index contributed by atoms with van der Waals surface area (Å²) in [6.07, 6.45) is 9.75. The fraction of sp³-hybridized carbons (Fsp3) is 0.545. The molecule has 2 aromatic rings. The van der Waals surface area contributed by atoms with Gasteiger partial charge >= 0.3 is 11.9 Å². The van der Waals surface area contributed by atoms with E-state index in [1.54, 1.807) is 0 Å². The van der Waals surface area contributed by atoms with E-state index in [4.69, 9.17) is 19.3 Å². The van der Waals surface area contributed by atoms with Crippen LogP contribution in [0.4, 0.5) is 0 Å². The SMILES string of the molecule is CCCc1c(OCCCCCCc2cccc(OCCCCCC(=O)O)c2CCC(=O)O)ccc2c1OCCC2=O. The van der Waals surface area contributed by atoms with Crippen molar-refractivity contribution in [2.45, 2.75) is 96.8 Å². The van der Waals surface area contributed by atoms with E-state index < -0.39 is 11.9 Å². The van der Waals surface area contributed by atoms with Crippen molar-refractivity contribution in [1.29, 1.82) is 0 Å². The Morgan fingerprint density at radius 2 is 1.46 bits per heavy atom. The first-order valence-corrected chi connectivity index (χ1v) is 15.0. The number of carbonyl (C=O) groups is 3. The molecule has 3 rings (SSSR count). The molecule has 0 bridgehead atoms. The van der Waals surface area contributed by atoms with Crippen LogP contribution in [0.15, 0.2) is 30.3 Å². The Morgan fingerprint density at radius 1 is 0.780 bits per heavy atom. The molecule has 0 saturated carbocycles. The minimum absolute atomic E-state index is 0.0469. The number of hydrogen-bond donors (Lipinski definition) is 2. The molecule has 41 heavy (non-hydrogen) atoms. The number of benzene rings is 2. The molecule has 0 aliphatic carbocycles. The molecule has 0 spiro atoms. The number of carboxylic acid groups (broad SMARTS) is 2. The highest BCUT2D eigenvalue weighted by atomic mass is 16.5. The third kappa shape index (κ3) is 10.4. The van der Waals surface area contributed by atoms with Gasteiger partial charge in [0.15, 0.2) is 5.78 Å². The molecule has 224 valence electrons. The second-order valence-electron chi connectivity index (χ2n) is 10.5. The lowest BCUT2D eigenvalue weighted by molar-refractivity contribution is -0.138. The number of ether oxygens (including phenoxy) is 3. The molecule has 0 atom stereocenters. The molecule has 0 fully saturated rings. The van der Waals surface area contributed by atoms with Gasteiger partial charge in [-0.25, -0.2) is 0 Å². The Balaban J connectivity index is 1.46. The first kappa shape index (κ1) is 32.0. The average molecular weight is 569 g/mol. The van der Waals surface area contributed by atoms with E-state index in [-0.39, 0.29) is 18.6 Å². The van der Waals surface area contributed by atoms with Crippen LogP contribution < -0.4 is 14.2 Å². The van der Waals surface area contributed by atoms with Crippen LogP contribution in [0.3, 0.4) is 0 Å². The minimum atomic E-state index is -0.835. The number of aliphatic carboxylic acids is 2. The number of unbranched alkanes of at least 4 members (excludes halogenated alkanes) is 5. The minimum Gasteiger partial charge on any atom is -0.493 e. The smallest absolute Gasteiger partial charge is 0.303 e. The highest BCUT2D eigenvalue weighted by Crippen LogP contribution is 2.36. The normalized spacial score (nSPS) is 12.5. The summed E-state index contributed by atoms with van der Waals surface area (Å²) in [5, 5.41) is 18.0. The Kier molecular flexibility index (Phi) is 13.5. The lowest BCUT2D eigenvalue weighted by Crippen LogP contribution is -2.17. The van der Waals surface area contributed by atoms with Gasteiger partial charge in [-0.2, -0.15) is 0 Å². The highest BCUT2D eigenvalue weighted by molar-refractivity contribution is 6.00. The predicted molar refractivity (Wildman–Crippen MR) is 157 cm³/mol. The number of carbonyl (C=O) groups excluding carboxylic acids is 1. The molecule has 8 heteroatoms. The topological polar surface area (TPSA) is 119 Å². The lowest BCUT2D eigenvalue weighted by atomic mass is 9.96. The van der Waals surface area contributed by atoms with Gasteiger partial charge in [0.05, 0.1) is 25.4 Å². The van der Waals surface area contributed by atoms with Crippen molar-refractivity contribution in [3.05, 3.63) is 52.6 Å². The standard InChI is InChI=1S/C33H44O8/c1-2-11-27-30(18-16-26-28(34)20-23-41-33(26)27)40-21-8-4-3-6-12-24-13-10-14-29(25(24)17-19-32(37)38)39-22-9-5-7-15-31(35)36/h10,13-14,16,18H,2-9,11-12,15,17,19-23H2,1H3,(H,35,36)(H,37,38). The second kappa shape index (κ2) is 17.3.